The van der Waals surface area contributed by atoms with Crippen molar-refractivity contribution in [3.05, 3.63) is 65.2 Å². The third kappa shape index (κ3) is 6.26. The lowest BCUT2D eigenvalue weighted by Gasteiger charge is -2.33. The molecule has 0 bridgehead atoms. The number of aromatic nitrogens is 3. The van der Waals surface area contributed by atoms with Crippen molar-refractivity contribution in [3.8, 4) is 11.4 Å². The van der Waals surface area contributed by atoms with E-state index in [1.165, 1.54) is 12.1 Å². The molecule has 1 fully saturated rings. The number of ether oxygens (including phenoxy) is 1. The van der Waals surface area contributed by atoms with E-state index in [1.807, 2.05) is 23.7 Å². The van der Waals surface area contributed by atoms with Crippen molar-refractivity contribution in [3.63, 3.8) is 0 Å². The van der Waals surface area contributed by atoms with Gasteiger partial charge in [-0.25, -0.2) is 0 Å². The summed E-state index contributed by atoms with van der Waals surface area (Å²) in [4.78, 5) is 14.2. The monoisotopic (exact) mass is 519 g/mol. The lowest BCUT2D eigenvalue weighted by Crippen LogP contribution is -2.39. The second-order valence-corrected chi connectivity index (χ2v) is 9.57. The normalized spacial score (nSPS) is 16.8. The highest BCUT2D eigenvalue weighted by Crippen LogP contribution is 2.31. The predicted octanol–water partition coefficient (Wildman–Crippen LogP) is 4.42. The summed E-state index contributed by atoms with van der Waals surface area (Å²) in [6.07, 6.45) is -3.66. The van der Waals surface area contributed by atoms with Gasteiger partial charge in [0.05, 0.1) is 18.3 Å². The minimum absolute atomic E-state index is 0.155. The van der Waals surface area contributed by atoms with Crippen LogP contribution < -0.4 is 5.32 Å². The van der Waals surface area contributed by atoms with Gasteiger partial charge in [-0.05, 0) is 42.8 Å². The second-order valence-electron chi connectivity index (χ2n) is 8.51. The molecule has 11 heteroatoms. The summed E-state index contributed by atoms with van der Waals surface area (Å²) in [6, 6.07) is 12.5. The molecule has 0 radical (unpaired) electrons. The third-order valence-corrected chi connectivity index (χ3v) is 7.16. The number of nitrogens with one attached hydrogen (secondary N) is 1. The van der Waals surface area contributed by atoms with E-state index in [1.54, 1.807) is 30.9 Å². The van der Waals surface area contributed by atoms with Crippen LogP contribution in [0.2, 0.25) is 0 Å². The lowest BCUT2D eigenvalue weighted by molar-refractivity contribution is -0.137. The van der Waals surface area contributed by atoms with Crippen LogP contribution in [0.3, 0.4) is 0 Å². The Bertz CT molecular complexity index is 1180. The van der Waals surface area contributed by atoms with E-state index in [0.717, 1.165) is 53.7 Å². The van der Waals surface area contributed by atoms with Crippen molar-refractivity contribution in [2.45, 2.75) is 23.9 Å². The number of thioether (sulfide) groups is 1. The first-order chi connectivity index (χ1) is 17.3. The maximum Gasteiger partial charge on any atom is 0.416 e. The zero-order valence-electron chi connectivity index (χ0n) is 20.1. The van der Waals surface area contributed by atoms with Gasteiger partial charge >= 0.3 is 6.18 Å². The molecule has 1 atom stereocenters. The first kappa shape index (κ1) is 26.2. The molecule has 1 amide bonds. The molecular formula is C25H28F3N5O2S. The van der Waals surface area contributed by atoms with Gasteiger partial charge in [0, 0.05) is 44.1 Å². The van der Waals surface area contributed by atoms with Crippen LogP contribution in [0.5, 0.6) is 0 Å². The Hall–Kier alpha value is -2.89. The van der Waals surface area contributed by atoms with Gasteiger partial charge in [-0.1, -0.05) is 36.0 Å². The molecule has 1 saturated heterocycles. The van der Waals surface area contributed by atoms with E-state index in [0.29, 0.717) is 24.5 Å². The standard InChI is InChI=1S/C25H28F3N5O2S/c1-29-23(34)19-6-3-5-18(15-19)22-30-31-24(32(22)2)36-14-4-11-33-12-13-35-21(16-33)17-7-9-20(10-8-17)25(26,27)28/h3,5-10,15,21H,4,11-14,16H2,1-2H3,(H,29,34). The summed E-state index contributed by atoms with van der Waals surface area (Å²) < 4.78 is 46.2. The van der Waals surface area contributed by atoms with Gasteiger partial charge in [0.25, 0.3) is 5.91 Å². The summed E-state index contributed by atoms with van der Waals surface area (Å²) in [5.41, 5.74) is 1.49. The van der Waals surface area contributed by atoms with Gasteiger partial charge < -0.3 is 14.6 Å². The topological polar surface area (TPSA) is 72.3 Å². The molecule has 4 rings (SSSR count). The second kappa shape index (κ2) is 11.4. The Morgan fingerprint density at radius 1 is 1.19 bits per heavy atom. The first-order valence-electron chi connectivity index (χ1n) is 11.6. The number of benzene rings is 2. The number of hydrogen-bond acceptors (Lipinski definition) is 6. The predicted molar refractivity (Wildman–Crippen MR) is 132 cm³/mol. The minimum Gasteiger partial charge on any atom is -0.371 e. The largest absolute Gasteiger partial charge is 0.416 e. The van der Waals surface area contributed by atoms with Crippen molar-refractivity contribution in [1.29, 1.82) is 0 Å². The smallest absolute Gasteiger partial charge is 0.371 e. The van der Waals surface area contributed by atoms with E-state index in [2.05, 4.69) is 20.4 Å². The first-order valence-corrected chi connectivity index (χ1v) is 12.6. The molecule has 2 aromatic carbocycles. The van der Waals surface area contributed by atoms with Crippen LogP contribution in [0.15, 0.2) is 53.7 Å². The summed E-state index contributed by atoms with van der Waals surface area (Å²) >= 11 is 1.61. The van der Waals surface area contributed by atoms with Crippen LogP contribution in [0.1, 0.15) is 34.0 Å². The van der Waals surface area contributed by atoms with Gasteiger partial charge in [-0.2, -0.15) is 13.2 Å². The number of halogens is 3. The molecule has 1 unspecified atom stereocenters. The van der Waals surface area contributed by atoms with Crippen molar-refractivity contribution in [1.82, 2.24) is 25.0 Å². The van der Waals surface area contributed by atoms with E-state index in [4.69, 9.17) is 4.74 Å². The molecule has 0 aliphatic carbocycles. The number of rotatable bonds is 8. The zero-order chi connectivity index (χ0) is 25.7. The van der Waals surface area contributed by atoms with Gasteiger partial charge in [0.15, 0.2) is 11.0 Å². The van der Waals surface area contributed by atoms with Crippen LogP contribution in [0, 0.1) is 0 Å². The fourth-order valence-corrected chi connectivity index (χ4v) is 4.92. The summed E-state index contributed by atoms with van der Waals surface area (Å²) in [5.74, 6) is 1.38. The molecule has 1 aliphatic heterocycles. The summed E-state index contributed by atoms with van der Waals surface area (Å²) in [5, 5.41) is 12.0. The van der Waals surface area contributed by atoms with E-state index < -0.39 is 11.7 Å². The number of amides is 1. The maximum absolute atomic E-state index is 12.8. The lowest BCUT2D eigenvalue weighted by atomic mass is 10.1. The molecule has 3 aromatic rings. The van der Waals surface area contributed by atoms with Crippen LogP contribution >= 0.6 is 11.8 Å². The molecule has 1 aliphatic rings. The fourth-order valence-electron chi connectivity index (χ4n) is 4.08. The van der Waals surface area contributed by atoms with Gasteiger partial charge in [0.2, 0.25) is 0 Å². The highest BCUT2D eigenvalue weighted by molar-refractivity contribution is 7.99. The van der Waals surface area contributed by atoms with E-state index in [9.17, 15) is 18.0 Å². The van der Waals surface area contributed by atoms with Gasteiger partial charge in [0.1, 0.15) is 0 Å². The van der Waals surface area contributed by atoms with E-state index in [-0.39, 0.29) is 12.0 Å². The average Bonchev–Trinajstić information content (AvgIpc) is 3.26. The molecule has 0 saturated carbocycles. The number of morpholine rings is 1. The minimum atomic E-state index is -4.34. The highest BCUT2D eigenvalue weighted by atomic mass is 32.2. The molecule has 36 heavy (non-hydrogen) atoms. The van der Waals surface area contributed by atoms with Crippen LogP contribution in [0.25, 0.3) is 11.4 Å². The van der Waals surface area contributed by atoms with Crippen LogP contribution in [0.4, 0.5) is 13.2 Å². The Morgan fingerprint density at radius 3 is 2.69 bits per heavy atom. The third-order valence-electron chi connectivity index (χ3n) is 6.06. The number of hydrogen-bond donors (Lipinski definition) is 1. The quantitative estimate of drug-likeness (QED) is 0.351. The average molecular weight is 520 g/mol. The van der Waals surface area contributed by atoms with Crippen molar-refractivity contribution >= 4 is 17.7 Å². The highest BCUT2D eigenvalue weighted by Gasteiger charge is 2.30. The number of carbonyl (C=O) groups excluding carboxylic acids is 1. The van der Waals surface area contributed by atoms with Gasteiger partial charge in [-0.15, -0.1) is 10.2 Å². The van der Waals surface area contributed by atoms with Gasteiger partial charge in [-0.3, -0.25) is 9.69 Å². The zero-order valence-corrected chi connectivity index (χ0v) is 20.9. The molecule has 192 valence electrons. The van der Waals surface area contributed by atoms with Crippen molar-refractivity contribution in [2.24, 2.45) is 7.05 Å². The number of carbonyl (C=O) groups is 1. The Kier molecular flexibility index (Phi) is 8.32. The van der Waals surface area contributed by atoms with Crippen LogP contribution in [-0.4, -0.2) is 64.6 Å². The molecule has 2 heterocycles. The Morgan fingerprint density at radius 2 is 1.97 bits per heavy atom. The summed E-state index contributed by atoms with van der Waals surface area (Å²) in [6.45, 7) is 2.83. The molecule has 1 N–H and O–H groups in total. The molecule has 7 nitrogen and oxygen atoms in total. The van der Waals surface area contributed by atoms with Crippen molar-refractivity contribution < 1.29 is 22.7 Å². The number of alkyl halides is 3. The molecular weight excluding hydrogens is 491 g/mol. The molecule has 0 spiro atoms. The van der Waals surface area contributed by atoms with Crippen molar-refractivity contribution in [2.75, 3.05) is 39.0 Å². The SMILES string of the molecule is CNC(=O)c1cccc(-c2nnc(SCCCN3CCOC(c4ccc(C(F)(F)F)cc4)C3)n2C)c1. The maximum atomic E-state index is 12.8. The molecule has 1 aromatic heterocycles. The Balaban J connectivity index is 1.28. The van der Waals surface area contributed by atoms with E-state index >= 15 is 0 Å². The Labute approximate surface area is 212 Å². The number of nitrogens with zero attached hydrogens (tertiary/aromatic N) is 4. The fraction of sp³-hybridized carbons (Fsp3) is 0.400. The summed E-state index contributed by atoms with van der Waals surface area (Å²) in [7, 11) is 3.50. The van der Waals surface area contributed by atoms with Crippen LogP contribution in [-0.2, 0) is 18.0 Å².